The van der Waals surface area contributed by atoms with Crippen LogP contribution in [0.4, 0.5) is 22.0 Å². The van der Waals surface area contributed by atoms with Crippen molar-refractivity contribution in [1.29, 1.82) is 0 Å². The third kappa shape index (κ3) is 4.75. The van der Waals surface area contributed by atoms with Crippen molar-refractivity contribution < 1.29 is 14.3 Å². The molecule has 1 fully saturated rings. The molecule has 7 nitrogen and oxygen atoms in total. The monoisotopic (exact) mass is 414 g/mol. The second kappa shape index (κ2) is 9.18. The van der Waals surface area contributed by atoms with Gasteiger partial charge in [-0.05, 0) is 55.3 Å². The van der Waals surface area contributed by atoms with E-state index in [9.17, 15) is 4.79 Å². The summed E-state index contributed by atoms with van der Waals surface area (Å²) in [5.41, 5.74) is 2.42. The van der Waals surface area contributed by atoms with Crippen molar-refractivity contribution >= 4 is 23.3 Å². The summed E-state index contributed by atoms with van der Waals surface area (Å²) >= 11 is 0. The molecule has 0 saturated carbocycles. The standard InChI is InChI=1S/C24H22N4O3/c1-3-28-19(16-30-24(28)29)15-17-6-10-20(11-7-17)31-21-12-8-18(9-13-21)27-23-22(25-2)5-4-14-26-23/h4-14,19H,3,15-16H2,1H3,(H,26,27)/t19-/m0/s1. The maximum atomic E-state index is 11.7. The zero-order chi connectivity index (χ0) is 21.6. The van der Waals surface area contributed by atoms with E-state index >= 15 is 0 Å². The van der Waals surface area contributed by atoms with Gasteiger partial charge in [-0.3, -0.25) is 4.98 Å². The Balaban J connectivity index is 1.36. The number of benzene rings is 2. The molecule has 0 aliphatic carbocycles. The van der Waals surface area contributed by atoms with E-state index in [2.05, 4.69) is 15.1 Å². The summed E-state index contributed by atoms with van der Waals surface area (Å²) in [6.45, 7) is 10.3. The number of aromatic nitrogens is 1. The SMILES string of the molecule is [C-]#[N+]c1cccnc1Nc1ccc(Oc2ccc(C[C@H]3COC(=O)N3CC)cc2)cc1. The highest BCUT2D eigenvalue weighted by molar-refractivity contribution is 5.71. The first-order valence-corrected chi connectivity index (χ1v) is 10.1. The number of likely N-dealkylation sites (N-methyl/N-ethyl adjacent to an activating group) is 1. The van der Waals surface area contributed by atoms with Crippen LogP contribution in [-0.2, 0) is 11.2 Å². The van der Waals surface area contributed by atoms with Crippen LogP contribution in [0.25, 0.3) is 4.85 Å². The van der Waals surface area contributed by atoms with Crippen LogP contribution >= 0.6 is 0 Å². The lowest BCUT2D eigenvalue weighted by atomic mass is 10.1. The fourth-order valence-corrected chi connectivity index (χ4v) is 3.47. The van der Waals surface area contributed by atoms with Crippen molar-refractivity contribution in [2.45, 2.75) is 19.4 Å². The summed E-state index contributed by atoms with van der Waals surface area (Å²) in [6, 6.07) is 18.9. The van der Waals surface area contributed by atoms with Crippen LogP contribution in [0.1, 0.15) is 12.5 Å². The Morgan fingerprint density at radius 2 is 1.87 bits per heavy atom. The van der Waals surface area contributed by atoms with E-state index in [-0.39, 0.29) is 12.1 Å². The molecule has 2 heterocycles. The number of hydrogen-bond acceptors (Lipinski definition) is 5. The van der Waals surface area contributed by atoms with Gasteiger partial charge in [0.05, 0.1) is 12.6 Å². The molecule has 0 spiro atoms. The number of hydrogen-bond donors (Lipinski definition) is 1. The van der Waals surface area contributed by atoms with Crippen molar-refractivity contribution in [2.75, 3.05) is 18.5 Å². The van der Waals surface area contributed by atoms with E-state index in [0.29, 0.717) is 30.4 Å². The predicted molar refractivity (Wildman–Crippen MR) is 118 cm³/mol. The summed E-state index contributed by atoms with van der Waals surface area (Å²) in [4.78, 5) is 21.1. The molecule has 0 radical (unpaired) electrons. The molecule has 7 heteroatoms. The molecule has 156 valence electrons. The minimum Gasteiger partial charge on any atom is -0.457 e. The number of cyclic esters (lactones) is 1. The topological polar surface area (TPSA) is 68.0 Å². The predicted octanol–water partition coefficient (Wildman–Crippen LogP) is 5.55. The van der Waals surface area contributed by atoms with Gasteiger partial charge in [0.2, 0.25) is 5.69 Å². The molecule has 1 aliphatic rings. The number of nitrogens with one attached hydrogen (secondary N) is 1. The third-order valence-electron chi connectivity index (χ3n) is 5.07. The number of amides is 1. The molecule has 1 amide bonds. The summed E-state index contributed by atoms with van der Waals surface area (Å²) < 4.78 is 11.1. The molecular formula is C24H22N4O3. The van der Waals surface area contributed by atoms with Crippen molar-refractivity contribution in [1.82, 2.24) is 9.88 Å². The fraction of sp³-hybridized carbons (Fsp3) is 0.208. The van der Waals surface area contributed by atoms with Gasteiger partial charge in [-0.25, -0.2) is 9.64 Å². The largest absolute Gasteiger partial charge is 0.457 e. The zero-order valence-electron chi connectivity index (χ0n) is 17.1. The van der Waals surface area contributed by atoms with Gasteiger partial charge < -0.3 is 19.7 Å². The van der Waals surface area contributed by atoms with Crippen LogP contribution < -0.4 is 10.1 Å². The second-order valence-corrected chi connectivity index (χ2v) is 7.10. The van der Waals surface area contributed by atoms with Gasteiger partial charge in [0.15, 0.2) is 0 Å². The summed E-state index contributed by atoms with van der Waals surface area (Å²) in [6.07, 6.45) is 2.16. The van der Waals surface area contributed by atoms with E-state index in [0.717, 1.165) is 23.4 Å². The summed E-state index contributed by atoms with van der Waals surface area (Å²) in [5, 5.41) is 3.15. The average Bonchev–Trinajstić information content (AvgIpc) is 3.15. The smallest absolute Gasteiger partial charge is 0.410 e. The Kier molecular flexibility index (Phi) is 5.99. The number of anilines is 2. The highest BCUT2D eigenvalue weighted by atomic mass is 16.6. The molecule has 1 atom stereocenters. The molecule has 1 aromatic heterocycles. The number of pyridine rings is 1. The average molecular weight is 414 g/mol. The molecule has 31 heavy (non-hydrogen) atoms. The van der Waals surface area contributed by atoms with Gasteiger partial charge in [-0.1, -0.05) is 24.3 Å². The fourth-order valence-electron chi connectivity index (χ4n) is 3.47. The van der Waals surface area contributed by atoms with Crippen molar-refractivity contribution in [3.8, 4) is 11.5 Å². The van der Waals surface area contributed by atoms with Crippen LogP contribution in [0.2, 0.25) is 0 Å². The van der Waals surface area contributed by atoms with Gasteiger partial charge in [-0.15, -0.1) is 0 Å². The number of nitrogens with zero attached hydrogens (tertiary/aromatic N) is 3. The quantitative estimate of drug-likeness (QED) is 0.513. The molecular weight excluding hydrogens is 392 g/mol. The van der Waals surface area contributed by atoms with E-state index in [4.69, 9.17) is 16.0 Å². The van der Waals surface area contributed by atoms with Crippen LogP contribution in [0, 0.1) is 6.57 Å². The third-order valence-corrected chi connectivity index (χ3v) is 5.07. The first-order chi connectivity index (χ1) is 15.2. The molecule has 1 aliphatic heterocycles. The van der Waals surface area contributed by atoms with Crippen LogP contribution in [-0.4, -0.2) is 35.2 Å². The van der Waals surface area contributed by atoms with E-state index < -0.39 is 0 Å². The van der Waals surface area contributed by atoms with Gasteiger partial charge in [0, 0.05) is 18.4 Å². The Morgan fingerprint density at radius 1 is 1.16 bits per heavy atom. The lowest BCUT2D eigenvalue weighted by molar-refractivity contribution is 0.159. The molecule has 4 rings (SSSR count). The van der Waals surface area contributed by atoms with Crippen LogP contribution in [0.5, 0.6) is 11.5 Å². The number of ether oxygens (including phenoxy) is 2. The van der Waals surface area contributed by atoms with Gasteiger partial charge in [0.25, 0.3) is 0 Å². The minimum atomic E-state index is -0.237. The molecule has 2 aromatic carbocycles. The first kappa shape index (κ1) is 20.2. The zero-order valence-corrected chi connectivity index (χ0v) is 17.1. The Bertz CT molecular complexity index is 1090. The van der Waals surface area contributed by atoms with E-state index in [1.54, 1.807) is 23.2 Å². The highest BCUT2D eigenvalue weighted by Gasteiger charge is 2.31. The van der Waals surface area contributed by atoms with E-state index in [1.165, 1.54) is 0 Å². The van der Waals surface area contributed by atoms with Crippen LogP contribution in [0.15, 0.2) is 66.9 Å². The molecule has 1 saturated heterocycles. The molecule has 3 aromatic rings. The lowest BCUT2D eigenvalue weighted by Gasteiger charge is -2.19. The molecule has 1 N–H and O–H groups in total. The Morgan fingerprint density at radius 3 is 2.55 bits per heavy atom. The highest BCUT2D eigenvalue weighted by Crippen LogP contribution is 2.28. The molecule has 0 unspecified atom stereocenters. The normalized spacial score (nSPS) is 15.3. The number of carbonyl (C=O) groups is 1. The van der Waals surface area contributed by atoms with Crippen molar-refractivity contribution in [3.05, 3.63) is 83.8 Å². The Hall–Kier alpha value is -4.05. The summed E-state index contributed by atoms with van der Waals surface area (Å²) in [5.74, 6) is 1.96. The number of rotatable bonds is 7. The van der Waals surface area contributed by atoms with E-state index in [1.807, 2.05) is 55.5 Å². The first-order valence-electron chi connectivity index (χ1n) is 10.1. The van der Waals surface area contributed by atoms with Gasteiger partial charge in [0.1, 0.15) is 23.9 Å². The minimum absolute atomic E-state index is 0.0757. The second-order valence-electron chi connectivity index (χ2n) is 7.10. The maximum Gasteiger partial charge on any atom is 0.410 e. The van der Waals surface area contributed by atoms with Crippen molar-refractivity contribution in [3.63, 3.8) is 0 Å². The summed E-state index contributed by atoms with van der Waals surface area (Å²) in [7, 11) is 0. The van der Waals surface area contributed by atoms with Gasteiger partial charge >= 0.3 is 6.09 Å². The van der Waals surface area contributed by atoms with Gasteiger partial charge in [-0.2, -0.15) is 0 Å². The number of carbonyl (C=O) groups excluding carboxylic acids is 1. The Labute approximate surface area is 181 Å². The van der Waals surface area contributed by atoms with Crippen LogP contribution in [0.3, 0.4) is 0 Å². The maximum absolute atomic E-state index is 11.7. The lowest BCUT2D eigenvalue weighted by Crippen LogP contribution is -2.34. The molecule has 0 bridgehead atoms. The van der Waals surface area contributed by atoms with Crippen molar-refractivity contribution in [2.24, 2.45) is 0 Å².